The number of hydrogen-bond acceptors (Lipinski definition) is 4. The summed E-state index contributed by atoms with van der Waals surface area (Å²) in [5.74, 6) is 0.214. The van der Waals surface area contributed by atoms with E-state index in [9.17, 15) is 9.59 Å². The third kappa shape index (κ3) is 6.13. The van der Waals surface area contributed by atoms with Gasteiger partial charge < -0.3 is 19.4 Å². The van der Waals surface area contributed by atoms with Crippen LogP contribution in [0.1, 0.15) is 36.8 Å². The number of fused-ring (bicyclic) bond motifs is 2. The second-order valence-electron chi connectivity index (χ2n) is 10.4. The molecule has 0 saturated heterocycles. The summed E-state index contributed by atoms with van der Waals surface area (Å²) in [5.41, 5.74) is 5.14. The van der Waals surface area contributed by atoms with Gasteiger partial charge >= 0.3 is 11.9 Å². The van der Waals surface area contributed by atoms with Crippen molar-refractivity contribution < 1.29 is 19.1 Å². The van der Waals surface area contributed by atoms with Crippen LogP contribution >= 0.6 is 0 Å². The second-order valence-corrected chi connectivity index (χ2v) is 10.4. The van der Waals surface area contributed by atoms with Crippen LogP contribution in [-0.2, 0) is 22.4 Å². The van der Waals surface area contributed by atoms with Crippen LogP contribution in [0.3, 0.4) is 0 Å². The number of H-pyrrole nitrogens is 2. The first-order valence-corrected chi connectivity index (χ1v) is 14.4. The van der Waals surface area contributed by atoms with E-state index in [1.807, 2.05) is 84.9 Å². The quantitative estimate of drug-likeness (QED) is 0.158. The number of aromatic nitrogens is 2. The number of ether oxygens (including phenoxy) is 2. The highest BCUT2D eigenvalue weighted by Crippen LogP contribution is 2.44. The van der Waals surface area contributed by atoms with E-state index < -0.39 is 0 Å². The van der Waals surface area contributed by atoms with E-state index in [1.165, 1.54) is 11.1 Å². The Morgan fingerprint density at radius 1 is 0.500 bits per heavy atom. The Hall–Kier alpha value is -5.10. The fraction of sp³-hybridized carbons (Fsp3) is 0.167. The Kier molecular flexibility index (Phi) is 8.13. The lowest BCUT2D eigenvalue weighted by Crippen LogP contribution is -2.10. The predicted octanol–water partition coefficient (Wildman–Crippen LogP) is 8.17. The van der Waals surface area contributed by atoms with Crippen molar-refractivity contribution >= 4 is 33.7 Å². The van der Waals surface area contributed by atoms with E-state index in [0.717, 1.165) is 34.6 Å². The average molecular weight is 557 g/mol. The van der Waals surface area contributed by atoms with Crippen molar-refractivity contribution in [2.45, 2.75) is 38.5 Å². The summed E-state index contributed by atoms with van der Waals surface area (Å²) in [4.78, 5) is 32.9. The molecule has 0 unspecified atom stereocenters. The Balaban J connectivity index is 1.26. The molecule has 0 aliphatic heterocycles. The summed E-state index contributed by atoms with van der Waals surface area (Å²) < 4.78 is 12.1. The first-order valence-electron chi connectivity index (χ1n) is 14.4. The van der Waals surface area contributed by atoms with Gasteiger partial charge in [0.15, 0.2) is 11.5 Å². The first kappa shape index (κ1) is 27.1. The number of aromatic amines is 2. The van der Waals surface area contributed by atoms with E-state index in [0.29, 0.717) is 35.7 Å². The van der Waals surface area contributed by atoms with Crippen LogP contribution in [0.5, 0.6) is 11.5 Å². The second kappa shape index (κ2) is 12.6. The summed E-state index contributed by atoms with van der Waals surface area (Å²) in [7, 11) is 0. The molecule has 0 fully saturated rings. The lowest BCUT2D eigenvalue weighted by atomic mass is 10.1. The minimum atomic E-state index is -0.312. The molecule has 4 aromatic carbocycles. The fourth-order valence-corrected chi connectivity index (χ4v) is 5.29. The third-order valence-electron chi connectivity index (χ3n) is 7.38. The maximum atomic E-state index is 13.1. The molecule has 2 N–H and O–H groups in total. The van der Waals surface area contributed by atoms with Crippen molar-refractivity contribution in [3.63, 3.8) is 0 Å². The van der Waals surface area contributed by atoms with Crippen molar-refractivity contribution in [1.29, 1.82) is 0 Å². The number of aryl methyl sites for hydroxylation is 2. The molecule has 0 atom stereocenters. The van der Waals surface area contributed by atoms with Crippen LogP contribution < -0.4 is 9.47 Å². The molecule has 0 saturated carbocycles. The van der Waals surface area contributed by atoms with Gasteiger partial charge in [0, 0.05) is 34.6 Å². The molecule has 0 spiro atoms. The fourth-order valence-electron chi connectivity index (χ4n) is 5.29. The molecule has 0 bridgehead atoms. The van der Waals surface area contributed by atoms with E-state index in [4.69, 9.17) is 9.47 Å². The van der Waals surface area contributed by atoms with Gasteiger partial charge in [-0.15, -0.1) is 0 Å². The number of carbonyl (C=O) groups excluding carboxylic acids is 2. The van der Waals surface area contributed by atoms with Crippen LogP contribution in [0.2, 0.25) is 0 Å². The maximum Gasteiger partial charge on any atom is 0.311 e. The molecule has 6 aromatic rings. The Morgan fingerprint density at radius 2 is 0.881 bits per heavy atom. The zero-order chi connectivity index (χ0) is 28.7. The lowest BCUT2D eigenvalue weighted by Gasteiger charge is -2.09. The summed E-state index contributed by atoms with van der Waals surface area (Å²) in [6.07, 6.45) is 3.51. The smallest absolute Gasteiger partial charge is 0.311 e. The summed E-state index contributed by atoms with van der Waals surface area (Å²) in [5, 5.41) is 1.56. The van der Waals surface area contributed by atoms with Crippen molar-refractivity contribution in [3.05, 3.63) is 120 Å². The van der Waals surface area contributed by atoms with Gasteiger partial charge in [-0.1, -0.05) is 84.9 Å². The SMILES string of the molecule is O=C(CCCc1ccccc1)Oc1c(-c2[nH]c3ccccc3c2OC(=O)CCCc2ccccc2)[nH]c2ccccc12. The highest BCUT2D eigenvalue weighted by atomic mass is 16.5. The van der Waals surface area contributed by atoms with Crippen molar-refractivity contribution in [1.82, 2.24) is 9.97 Å². The van der Waals surface area contributed by atoms with Gasteiger partial charge in [-0.3, -0.25) is 9.59 Å². The summed E-state index contributed by atoms with van der Waals surface area (Å²) in [6, 6.07) is 35.6. The zero-order valence-corrected chi connectivity index (χ0v) is 23.3. The topological polar surface area (TPSA) is 84.2 Å². The monoisotopic (exact) mass is 556 g/mol. The van der Waals surface area contributed by atoms with Crippen molar-refractivity contribution in [2.75, 3.05) is 0 Å². The Morgan fingerprint density at radius 3 is 1.31 bits per heavy atom. The van der Waals surface area contributed by atoms with Crippen LogP contribution in [0.15, 0.2) is 109 Å². The van der Waals surface area contributed by atoms with Gasteiger partial charge in [-0.05, 0) is 61.1 Å². The lowest BCUT2D eigenvalue weighted by molar-refractivity contribution is -0.135. The largest absolute Gasteiger partial charge is 0.423 e. The van der Waals surface area contributed by atoms with Gasteiger partial charge in [0.05, 0.1) is 0 Å². The molecule has 6 heteroatoms. The van der Waals surface area contributed by atoms with Gasteiger partial charge in [-0.2, -0.15) is 0 Å². The van der Waals surface area contributed by atoms with Gasteiger partial charge in [0.25, 0.3) is 0 Å². The number of nitrogens with one attached hydrogen (secondary N) is 2. The van der Waals surface area contributed by atoms with E-state index in [1.54, 1.807) is 0 Å². The normalized spacial score (nSPS) is 11.1. The standard InChI is InChI=1S/C36H32N2O4/c39-31(23-11-17-25-13-3-1-4-14-25)41-35-27-19-7-9-21-29(27)37-33(35)34-36(28-20-8-10-22-30(28)38-34)42-32(40)24-12-18-26-15-5-2-6-16-26/h1-10,13-16,19-22,37-38H,11-12,17-18,23-24H2. The number of rotatable bonds is 11. The highest BCUT2D eigenvalue weighted by Gasteiger charge is 2.25. The summed E-state index contributed by atoms with van der Waals surface area (Å²) in [6.45, 7) is 0. The molecule has 6 nitrogen and oxygen atoms in total. The molecular weight excluding hydrogens is 524 g/mol. The molecule has 2 aromatic heterocycles. The van der Waals surface area contributed by atoms with Crippen LogP contribution in [0.4, 0.5) is 0 Å². The number of para-hydroxylation sites is 2. The van der Waals surface area contributed by atoms with E-state index >= 15 is 0 Å². The average Bonchev–Trinajstić information content (AvgIpc) is 3.56. The van der Waals surface area contributed by atoms with Crippen molar-refractivity contribution in [2.24, 2.45) is 0 Å². The zero-order valence-electron chi connectivity index (χ0n) is 23.3. The highest BCUT2D eigenvalue weighted by molar-refractivity contribution is 6.02. The van der Waals surface area contributed by atoms with Crippen LogP contribution in [0.25, 0.3) is 33.2 Å². The van der Waals surface area contributed by atoms with E-state index in [2.05, 4.69) is 34.2 Å². The minimum Gasteiger partial charge on any atom is -0.423 e. The summed E-state index contributed by atoms with van der Waals surface area (Å²) >= 11 is 0. The molecule has 6 rings (SSSR count). The van der Waals surface area contributed by atoms with Gasteiger partial charge in [0.2, 0.25) is 0 Å². The molecule has 0 radical (unpaired) electrons. The molecule has 0 aliphatic rings. The third-order valence-corrected chi connectivity index (χ3v) is 7.38. The van der Waals surface area contributed by atoms with Crippen LogP contribution in [0, 0.1) is 0 Å². The number of carbonyl (C=O) groups is 2. The first-order chi connectivity index (χ1) is 20.7. The number of esters is 2. The Labute approximate surface area is 244 Å². The predicted molar refractivity (Wildman–Crippen MR) is 166 cm³/mol. The molecule has 210 valence electrons. The molecular formula is C36H32N2O4. The number of benzene rings is 4. The van der Waals surface area contributed by atoms with Gasteiger partial charge in [-0.25, -0.2) is 0 Å². The Bertz CT molecular complexity index is 1680. The van der Waals surface area contributed by atoms with Gasteiger partial charge in [0.1, 0.15) is 11.4 Å². The van der Waals surface area contributed by atoms with Crippen molar-refractivity contribution in [3.8, 4) is 22.9 Å². The molecule has 2 heterocycles. The minimum absolute atomic E-state index is 0.282. The molecule has 42 heavy (non-hydrogen) atoms. The molecule has 0 amide bonds. The molecule has 0 aliphatic carbocycles. The maximum absolute atomic E-state index is 13.1. The number of hydrogen-bond donors (Lipinski definition) is 2. The van der Waals surface area contributed by atoms with E-state index in [-0.39, 0.29) is 24.8 Å². The van der Waals surface area contributed by atoms with Crippen LogP contribution in [-0.4, -0.2) is 21.9 Å².